The van der Waals surface area contributed by atoms with Gasteiger partial charge in [-0.1, -0.05) is 15.9 Å². The summed E-state index contributed by atoms with van der Waals surface area (Å²) >= 11 is 3.26. The van der Waals surface area contributed by atoms with Gasteiger partial charge in [-0.05, 0) is 25.1 Å². The van der Waals surface area contributed by atoms with E-state index in [2.05, 4.69) is 20.9 Å². The van der Waals surface area contributed by atoms with Crippen molar-refractivity contribution in [3.63, 3.8) is 0 Å². The normalized spacial score (nSPS) is 11.2. The monoisotopic (exact) mass is 402 g/mol. The van der Waals surface area contributed by atoms with Crippen molar-refractivity contribution < 1.29 is 14.6 Å². The molecule has 4 N–H and O–H groups in total. The Morgan fingerprint density at radius 1 is 1.36 bits per heavy atom. The molecule has 1 atom stereocenters. The van der Waals surface area contributed by atoms with Crippen LogP contribution in [0.15, 0.2) is 27.5 Å². The van der Waals surface area contributed by atoms with Crippen LogP contribution in [0.25, 0.3) is 11.1 Å². The van der Waals surface area contributed by atoms with Gasteiger partial charge in [-0.15, -0.1) is 0 Å². The van der Waals surface area contributed by atoms with Crippen LogP contribution in [0.1, 0.15) is 18.1 Å². The minimum Gasteiger partial charge on any atom is -0.479 e. The molecule has 0 bridgehead atoms. The maximum Gasteiger partial charge on any atom is 0.344 e. The molecule has 2 rings (SSSR count). The highest BCUT2D eigenvalue weighted by molar-refractivity contribution is 9.10. The Bertz CT molecular complexity index is 1000. The number of aromatic amines is 1. The predicted molar refractivity (Wildman–Crippen MR) is 91.8 cm³/mol. The molecule has 1 heterocycles. The van der Waals surface area contributed by atoms with Crippen molar-refractivity contribution in [1.82, 2.24) is 4.98 Å². The number of aliphatic carboxylic acids is 1. The Morgan fingerprint density at radius 2 is 2.00 bits per heavy atom. The summed E-state index contributed by atoms with van der Waals surface area (Å²) in [6.07, 6.45) is -1.18. The summed E-state index contributed by atoms with van der Waals surface area (Å²) in [4.78, 5) is 25.3. The van der Waals surface area contributed by atoms with Crippen LogP contribution in [0, 0.1) is 22.7 Å². The third-order valence-electron chi connectivity index (χ3n) is 3.33. The number of nitrogens with two attached hydrogens (primary N) is 1. The van der Waals surface area contributed by atoms with Crippen molar-refractivity contribution in [1.29, 1.82) is 10.5 Å². The maximum absolute atomic E-state index is 12.0. The highest BCUT2D eigenvalue weighted by Crippen LogP contribution is 2.37. The first kappa shape index (κ1) is 18.0. The number of nitrogens with one attached hydrogen (secondary N) is 1. The zero-order valence-electron chi connectivity index (χ0n) is 12.8. The molecule has 0 aliphatic carbocycles. The van der Waals surface area contributed by atoms with E-state index < -0.39 is 17.6 Å². The second kappa shape index (κ2) is 7.07. The number of carboxylic acid groups (broad SMARTS) is 1. The molecule has 0 aliphatic heterocycles. The van der Waals surface area contributed by atoms with Crippen LogP contribution in [0.5, 0.6) is 5.75 Å². The number of rotatable bonds is 4. The number of H-pyrrole nitrogens is 1. The van der Waals surface area contributed by atoms with Crippen LogP contribution in [-0.4, -0.2) is 22.2 Å². The average molecular weight is 403 g/mol. The number of ether oxygens (including phenoxy) is 1. The molecular weight excluding hydrogens is 392 g/mol. The van der Waals surface area contributed by atoms with Gasteiger partial charge in [0.05, 0.1) is 0 Å². The number of aromatic nitrogens is 1. The van der Waals surface area contributed by atoms with Gasteiger partial charge in [-0.2, -0.15) is 10.5 Å². The van der Waals surface area contributed by atoms with Gasteiger partial charge < -0.3 is 20.6 Å². The molecule has 0 saturated heterocycles. The average Bonchev–Trinajstić information content (AvgIpc) is 2.55. The number of hydrogen-bond acceptors (Lipinski definition) is 6. The molecule has 2 aromatic rings. The number of hydrogen-bond donors (Lipinski definition) is 3. The molecule has 0 aliphatic rings. The van der Waals surface area contributed by atoms with E-state index in [4.69, 9.17) is 15.6 Å². The molecule has 0 amide bonds. The van der Waals surface area contributed by atoms with Gasteiger partial charge in [0.15, 0.2) is 6.10 Å². The number of carboxylic acids is 1. The highest BCUT2D eigenvalue weighted by Gasteiger charge is 2.23. The van der Waals surface area contributed by atoms with E-state index in [1.54, 1.807) is 12.1 Å². The van der Waals surface area contributed by atoms with Gasteiger partial charge in [0.25, 0.3) is 5.56 Å². The second-order valence-electron chi connectivity index (χ2n) is 4.96. The zero-order chi connectivity index (χ0) is 18.7. The summed E-state index contributed by atoms with van der Waals surface area (Å²) in [5.41, 5.74) is 4.70. The topological polar surface area (TPSA) is 153 Å². The van der Waals surface area contributed by atoms with E-state index in [0.29, 0.717) is 4.47 Å². The van der Waals surface area contributed by atoms with Gasteiger partial charge >= 0.3 is 5.97 Å². The minimum atomic E-state index is -1.19. The van der Waals surface area contributed by atoms with Crippen LogP contribution in [0.2, 0.25) is 0 Å². The number of nitrogens with zero attached hydrogens (tertiary/aromatic N) is 2. The Morgan fingerprint density at radius 3 is 2.56 bits per heavy atom. The Balaban J connectivity index is 2.86. The number of benzene rings is 1. The third kappa shape index (κ3) is 3.47. The van der Waals surface area contributed by atoms with Crippen molar-refractivity contribution in [2.75, 3.05) is 5.73 Å². The minimum absolute atomic E-state index is 0.0138. The molecule has 1 aromatic carbocycles. The largest absolute Gasteiger partial charge is 0.479 e. The first-order valence-corrected chi connectivity index (χ1v) is 7.64. The van der Waals surface area contributed by atoms with Crippen molar-refractivity contribution in [3.05, 3.63) is 44.2 Å². The summed E-state index contributed by atoms with van der Waals surface area (Å²) in [5.74, 6) is -1.30. The molecule has 0 saturated carbocycles. The Labute approximate surface area is 150 Å². The summed E-state index contributed by atoms with van der Waals surface area (Å²) in [6, 6.07) is 8.19. The highest BCUT2D eigenvalue weighted by atomic mass is 79.9. The lowest BCUT2D eigenvalue weighted by Gasteiger charge is -2.17. The molecule has 9 heteroatoms. The fraction of sp³-hybridized carbons (Fsp3) is 0.125. The number of carbonyl (C=O) groups is 1. The van der Waals surface area contributed by atoms with Gasteiger partial charge in [-0.3, -0.25) is 4.79 Å². The summed E-state index contributed by atoms with van der Waals surface area (Å²) < 4.78 is 5.98. The lowest BCUT2D eigenvalue weighted by molar-refractivity contribution is -0.144. The standard InChI is InChI=1S/C16H11BrN4O4/c1-7(16(23)24)25-12-3-2-8(17)4-9(12)13-10(5-18)14(20)21-15(22)11(13)6-19/h2-4,7H,1H3,(H,23,24)(H3,20,21,22). The summed E-state index contributed by atoms with van der Waals surface area (Å²) in [5, 5.41) is 27.8. The third-order valence-corrected chi connectivity index (χ3v) is 3.82. The van der Waals surface area contributed by atoms with Gasteiger partial charge in [0.2, 0.25) is 0 Å². The molecule has 1 unspecified atom stereocenters. The number of halogens is 1. The zero-order valence-corrected chi connectivity index (χ0v) is 14.4. The van der Waals surface area contributed by atoms with Crippen molar-refractivity contribution >= 4 is 27.7 Å². The van der Waals surface area contributed by atoms with Crippen LogP contribution >= 0.6 is 15.9 Å². The van der Waals surface area contributed by atoms with E-state index in [-0.39, 0.29) is 33.8 Å². The molecule has 126 valence electrons. The molecule has 0 radical (unpaired) electrons. The van der Waals surface area contributed by atoms with E-state index in [0.717, 1.165) is 0 Å². The number of nitriles is 2. The van der Waals surface area contributed by atoms with E-state index in [1.165, 1.54) is 19.1 Å². The molecular formula is C16H11BrN4O4. The fourth-order valence-corrected chi connectivity index (χ4v) is 2.51. The fourth-order valence-electron chi connectivity index (χ4n) is 2.15. The summed E-state index contributed by atoms with van der Waals surface area (Å²) in [6.45, 7) is 1.33. The summed E-state index contributed by atoms with van der Waals surface area (Å²) in [7, 11) is 0. The number of pyridine rings is 1. The van der Waals surface area contributed by atoms with E-state index in [9.17, 15) is 20.1 Å². The lowest BCUT2D eigenvalue weighted by Crippen LogP contribution is -2.23. The number of anilines is 1. The van der Waals surface area contributed by atoms with Crippen LogP contribution in [-0.2, 0) is 4.79 Å². The number of nitrogen functional groups attached to an aromatic ring is 1. The second-order valence-corrected chi connectivity index (χ2v) is 5.87. The molecule has 0 spiro atoms. The van der Waals surface area contributed by atoms with E-state index >= 15 is 0 Å². The van der Waals surface area contributed by atoms with Crippen LogP contribution < -0.4 is 16.0 Å². The van der Waals surface area contributed by atoms with Gasteiger partial charge in [0, 0.05) is 15.6 Å². The van der Waals surface area contributed by atoms with E-state index in [1.807, 2.05) is 6.07 Å². The van der Waals surface area contributed by atoms with Crippen LogP contribution in [0.4, 0.5) is 5.82 Å². The van der Waals surface area contributed by atoms with Gasteiger partial charge in [0.1, 0.15) is 34.8 Å². The Hall–Kier alpha value is -3.30. The molecule has 25 heavy (non-hydrogen) atoms. The Kier molecular flexibility index (Phi) is 5.11. The molecule has 0 fully saturated rings. The quantitative estimate of drug-likeness (QED) is 0.705. The van der Waals surface area contributed by atoms with Crippen molar-refractivity contribution in [2.45, 2.75) is 13.0 Å². The SMILES string of the molecule is CC(Oc1ccc(Br)cc1-c1c(C#N)c(N)[nH]c(=O)c1C#N)C(=O)O. The van der Waals surface area contributed by atoms with Crippen molar-refractivity contribution in [2.24, 2.45) is 0 Å². The lowest BCUT2D eigenvalue weighted by atomic mass is 9.96. The van der Waals surface area contributed by atoms with Crippen molar-refractivity contribution in [3.8, 4) is 29.0 Å². The van der Waals surface area contributed by atoms with Gasteiger partial charge in [-0.25, -0.2) is 4.79 Å². The maximum atomic E-state index is 12.0. The van der Waals surface area contributed by atoms with Crippen LogP contribution in [0.3, 0.4) is 0 Å². The molecule has 8 nitrogen and oxygen atoms in total. The molecule has 1 aromatic heterocycles. The smallest absolute Gasteiger partial charge is 0.344 e. The predicted octanol–water partition coefficient (Wildman–Crippen LogP) is 1.98. The first-order valence-electron chi connectivity index (χ1n) is 6.85. The first-order chi connectivity index (χ1) is 11.8.